The number of hydrogen-bond donors (Lipinski definition) is 0. The average molecular weight is 229 g/mol. The summed E-state index contributed by atoms with van der Waals surface area (Å²) in [5, 5.41) is 0. The zero-order chi connectivity index (χ0) is 6.53. The second-order valence-corrected chi connectivity index (χ2v) is 3.10. The van der Waals surface area contributed by atoms with E-state index < -0.39 is 0 Å². The van der Waals surface area contributed by atoms with Crippen molar-refractivity contribution in [2.75, 3.05) is 0 Å². The van der Waals surface area contributed by atoms with Gasteiger partial charge in [0, 0.05) is 0 Å². The van der Waals surface area contributed by atoms with E-state index in [1.807, 2.05) is 0 Å². The molecule has 0 radical (unpaired) electrons. The van der Waals surface area contributed by atoms with Crippen LogP contribution in [0.5, 0.6) is 0 Å². The summed E-state index contributed by atoms with van der Waals surface area (Å²) in [6, 6.07) is 0. The maximum atomic E-state index is 2.44. The van der Waals surface area contributed by atoms with Crippen LogP contribution in [-0.2, 0) is 0 Å². The quantitative estimate of drug-likeness (QED) is 0.455. The molecule has 0 heterocycles. The predicted molar refractivity (Wildman–Crippen MR) is 46.9 cm³/mol. The van der Waals surface area contributed by atoms with Crippen LogP contribution in [0.3, 0.4) is 0 Å². The molecule has 0 atom stereocenters. The van der Waals surface area contributed by atoms with E-state index in [1.54, 1.807) is 0 Å². The second kappa shape index (κ2) is 9.34. The zero-order valence-corrected chi connectivity index (χ0v) is 10.5. The Balaban J connectivity index is 0. The molecule has 0 aliphatic heterocycles. The summed E-state index contributed by atoms with van der Waals surface area (Å²) in [5.41, 5.74) is 0. The monoisotopic (exact) mass is 228 g/mol. The first-order valence-electron chi connectivity index (χ1n) is 4.25. The van der Waals surface area contributed by atoms with E-state index in [1.165, 1.54) is 38.5 Å². The minimum Gasteiger partial charge on any atom is -1.00 e. The van der Waals surface area contributed by atoms with Gasteiger partial charge < -0.3 is 23.4 Å². The van der Waals surface area contributed by atoms with Crippen LogP contribution in [-0.4, -0.2) is 23.1 Å². The Kier molecular flexibility index (Phi) is 12.5. The van der Waals surface area contributed by atoms with Crippen molar-refractivity contribution in [2.24, 2.45) is 5.92 Å². The number of rotatable bonds is 2. The topological polar surface area (TPSA) is 0 Å². The summed E-state index contributed by atoms with van der Waals surface area (Å²) in [4.78, 5) is 0. The molecular formula is C9H17BrMg. The van der Waals surface area contributed by atoms with Crippen molar-refractivity contribution in [2.45, 2.75) is 45.4 Å². The third-order valence-electron chi connectivity index (χ3n) is 2.26. The molecule has 0 nitrogen and oxygen atoms in total. The molecule has 1 fully saturated rings. The summed E-state index contributed by atoms with van der Waals surface area (Å²) < 4.78 is 0. The molecule has 0 N–H and O–H groups in total. The number of hydrogen-bond acceptors (Lipinski definition) is 0. The van der Waals surface area contributed by atoms with Gasteiger partial charge in [0.05, 0.1) is 0 Å². The van der Waals surface area contributed by atoms with E-state index in [0.717, 1.165) is 5.92 Å². The smallest absolute Gasteiger partial charge is 1.00 e. The Hall–Kier alpha value is 1.25. The molecule has 62 valence electrons. The van der Waals surface area contributed by atoms with Crippen molar-refractivity contribution in [3.63, 3.8) is 0 Å². The minimum absolute atomic E-state index is 0. The maximum absolute atomic E-state index is 2.44. The van der Waals surface area contributed by atoms with Crippen LogP contribution in [0.25, 0.3) is 0 Å². The summed E-state index contributed by atoms with van der Waals surface area (Å²) in [7, 11) is 0. The van der Waals surface area contributed by atoms with Crippen molar-refractivity contribution in [3.8, 4) is 0 Å². The van der Waals surface area contributed by atoms with Gasteiger partial charge in [0.15, 0.2) is 0 Å². The van der Waals surface area contributed by atoms with Gasteiger partial charge >= 0.3 is 23.1 Å². The molecule has 0 aromatic carbocycles. The van der Waals surface area contributed by atoms with Gasteiger partial charge in [-0.05, 0) is 5.92 Å². The van der Waals surface area contributed by atoms with Gasteiger partial charge in [-0.3, -0.25) is 0 Å². The molecule has 0 saturated heterocycles. The van der Waals surface area contributed by atoms with E-state index in [0.29, 0.717) is 0 Å². The van der Waals surface area contributed by atoms with E-state index in [9.17, 15) is 0 Å². The van der Waals surface area contributed by atoms with Gasteiger partial charge in [0.2, 0.25) is 0 Å². The van der Waals surface area contributed by atoms with Crippen LogP contribution in [0.2, 0.25) is 0 Å². The van der Waals surface area contributed by atoms with Crippen molar-refractivity contribution in [1.29, 1.82) is 0 Å². The van der Waals surface area contributed by atoms with Crippen molar-refractivity contribution < 1.29 is 17.0 Å². The summed E-state index contributed by atoms with van der Waals surface area (Å²) in [6.45, 7) is 2.29. The molecule has 1 saturated carbocycles. The average Bonchev–Trinajstić information content (AvgIpc) is 1.91. The molecular weight excluding hydrogens is 212 g/mol. The van der Waals surface area contributed by atoms with Gasteiger partial charge in [-0.25, -0.2) is 0 Å². The van der Waals surface area contributed by atoms with Crippen molar-refractivity contribution in [3.05, 3.63) is 6.42 Å². The Morgan fingerprint density at radius 2 is 1.82 bits per heavy atom. The maximum Gasteiger partial charge on any atom is 2.00 e. The number of halogens is 1. The third-order valence-corrected chi connectivity index (χ3v) is 2.26. The molecule has 0 amide bonds. The standard InChI is InChI=1S/C9H17.BrH.Mg/c1-2-6-9-7-4-3-5-8-9;;/h3,9H,2,4-8H2,1H3;1H;/q-1;;+2/p-1. The summed E-state index contributed by atoms with van der Waals surface area (Å²) in [5.74, 6) is 1.07. The van der Waals surface area contributed by atoms with Crippen LogP contribution >= 0.6 is 0 Å². The molecule has 1 aliphatic rings. The van der Waals surface area contributed by atoms with Gasteiger partial charge in [-0.2, -0.15) is 12.8 Å². The van der Waals surface area contributed by atoms with Crippen LogP contribution in [0.4, 0.5) is 0 Å². The third kappa shape index (κ3) is 6.41. The first kappa shape index (κ1) is 14.8. The van der Waals surface area contributed by atoms with E-state index in [4.69, 9.17) is 0 Å². The molecule has 11 heavy (non-hydrogen) atoms. The molecule has 0 bridgehead atoms. The fourth-order valence-corrected chi connectivity index (χ4v) is 1.69. The van der Waals surface area contributed by atoms with Crippen LogP contribution in [0, 0.1) is 12.3 Å². The molecule has 0 aromatic heterocycles. The van der Waals surface area contributed by atoms with Gasteiger partial charge in [0.1, 0.15) is 0 Å². The summed E-state index contributed by atoms with van der Waals surface area (Å²) >= 11 is 0. The Morgan fingerprint density at radius 1 is 1.27 bits per heavy atom. The SMILES string of the molecule is CCCC1CC[CH-]CC1.[Br-].[Mg+2]. The molecule has 0 aromatic rings. The predicted octanol–water partition coefficient (Wildman–Crippen LogP) is -0.196. The summed E-state index contributed by atoms with van der Waals surface area (Å²) in [6.07, 6.45) is 11.0. The fraction of sp³-hybridized carbons (Fsp3) is 0.889. The first-order valence-corrected chi connectivity index (χ1v) is 4.25. The van der Waals surface area contributed by atoms with Gasteiger partial charge in [-0.1, -0.05) is 32.6 Å². The fourth-order valence-electron chi connectivity index (χ4n) is 1.69. The van der Waals surface area contributed by atoms with Crippen molar-refractivity contribution >= 4 is 23.1 Å². The van der Waals surface area contributed by atoms with Crippen LogP contribution in [0.15, 0.2) is 0 Å². The zero-order valence-electron chi connectivity index (χ0n) is 7.48. The minimum atomic E-state index is 0. The Bertz CT molecular complexity index is 67.2. The van der Waals surface area contributed by atoms with Crippen LogP contribution < -0.4 is 17.0 Å². The molecule has 0 unspecified atom stereocenters. The normalized spacial score (nSPS) is 18.3. The Labute approximate surface area is 97.4 Å². The molecule has 1 aliphatic carbocycles. The van der Waals surface area contributed by atoms with Gasteiger partial charge in [-0.15, -0.1) is 0 Å². The molecule has 1 rings (SSSR count). The second-order valence-electron chi connectivity index (χ2n) is 3.10. The van der Waals surface area contributed by atoms with E-state index in [-0.39, 0.29) is 40.0 Å². The molecule has 2 heteroatoms. The molecule has 0 spiro atoms. The van der Waals surface area contributed by atoms with Crippen molar-refractivity contribution in [1.82, 2.24) is 0 Å². The largest absolute Gasteiger partial charge is 2.00 e. The van der Waals surface area contributed by atoms with E-state index in [2.05, 4.69) is 13.3 Å². The first-order chi connectivity index (χ1) is 4.43. The Morgan fingerprint density at radius 3 is 2.27 bits per heavy atom. The van der Waals surface area contributed by atoms with Gasteiger partial charge in [0.25, 0.3) is 0 Å². The van der Waals surface area contributed by atoms with E-state index >= 15 is 0 Å². The van der Waals surface area contributed by atoms with Crippen LogP contribution in [0.1, 0.15) is 45.4 Å².